The molecule has 6 aliphatic rings. The molecule has 426 valence electrons. The first-order valence-electron chi connectivity index (χ1n) is 27.6. The number of fused-ring (bicyclic) bond motifs is 7. The van der Waals surface area contributed by atoms with Gasteiger partial charge in [-0.15, -0.1) is 0 Å². The third kappa shape index (κ3) is 13.2. The number of anilines is 1. The number of urea groups is 1. The SMILES string of the molecule is CCCC1O[C@@H]2CC3[C@@H]4CCC5=CC(=O)C=C[C@]5(C)[C@H]4[C@@H](O)C[C@]3(C)[C@]2(C(=O)COC(=O)CCC(=O)OCc2ccc(NC(=O)[C@H](CCCNC(N)=O)NC(=O)[C@@H](NC(=O)CCCCCN3C(=O)C=CC3O)C(C)C)cc2)O1. The van der Waals surface area contributed by atoms with Crippen LogP contribution in [0, 0.1) is 34.5 Å². The van der Waals surface area contributed by atoms with Gasteiger partial charge in [0.15, 0.2) is 24.3 Å². The highest BCUT2D eigenvalue weighted by atomic mass is 16.7. The van der Waals surface area contributed by atoms with E-state index in [0.29, 0.717) is 56.3 Å². The number of aliphatic hydroxyl groups excluding tert-OH is 2. The van der Waals surface area contributed by atoms with Crippen molar-refractivity contribution in [2.45, 2.75) is 174 Å². The predicted molar refractivity (Wildman–Crippen MR) is 282 cm³/mol. The van der Waals surface area contributed by atoms with E-state index in [1.807, 2.05) is 19.9 Å². The number of hydrogen-bond donors (Lipinski definition) is 7. The van der Waals surface area contributed by atoms with Gasteiger partial charge in [-0.3, -0.25) is 38.4 Å². The second-order valence-electron chi connectivity index (χ2n) is 22.5. The lowest BCUT2D eigenvalue weighted by molar-refractivity contribution is -0.201. The molecule has 78 heavy (non-hydrogen) atoms. The number of ether oxygens (including phenoxy) is 4. The Balaban J connectivity index is 0.870. The average molecular weight is 1090 g/mol. The van der Waals surface area contributed by atoms with Crippen LogP contribution in [0.5, 0.6) is 0 Å². The summed E-state index contributed by atoms with van der Waals surface area (Å²) < 4.78 is 24.1. The van der Waals surface area contributed by atoms with E-state index in [1.54, 1.807) is 50.3 Å². The number of benzene rings is 1. The molecule has 6 amide bonds. The Bertz CT molecular complexity index is 2530. The number of nitrogens with one attached hydrogen (secondary N) is 4. The van der Waals surface area contributed by atoms with Gasteiger partial charge in [-0.05, 0) is 111 Å². The Morgan fingerprint density at radius 1 is 0.910 bits per heavy atom. The Kier molecular flexibility index (Phi) is 19.5. The zero-order chi connectivity index (χ0) is 56.5. The van der Waals surface area contributed by atoms with Crippen LogP contribution in [0.2, 0.25) is 0 Å². The van der Waals surface area contributed by atoms with Crippen LogP contribution in [0.15, 0.2) is 60.2 Å². The Hall–Kier alpha value is -6.29. The molecule has 12 atom stereocenters. The summed E-state index contributed by atoms with van der Waals surface area (Å²) in [5.74, 6) is -4.30. The molecule has 4 fully saturated rings. The molecule has 1 saturated heterocycles. The van der Waals surface area contributed by atoms with E-state index in [0.717, 1.165) is 18.4 Å². The number of carbonyl (C=O) groups is 9. The van der Waals surface area contributed by atoms with Crippen LogP contribution in [-0.2, 0) is 63.9 Å². The van der Waals surface area contributed by atoms with Crippen molar-refractivity contribution in [3.63, 3.8) is 0 Å². The Morgan fingerprint density at radius 2 is 1.64 bits per heavy atom. The van der Waals surface area contributed by atoms with Crippen LogP contribution in [0.1, 0.15) is 130 Å². The normalized spacial score (nSPS) is 29.3. The van der Waals surface area contributed by atoms with E-state index in [9.17, 15) is 53.4 Å². The van der Waals surface area contributed by atoms with E-state index in [1.165, 1.54) is 17.1 Å². The first kappa shape index (κ1) is 59.4. The summed E-state index contributed by atoms with van der Waals surface area (Å²) >= 11 is 0. The molecule has 2 heterocycles. The van der Waals surface area contributed by atoms with Crippen LogP contribution in [0.3, 0.4) is 0 Å². The van der Waals surface area contributed by atoms with Gasteiger partial charge in [-0.1, -0.05) is 71.2 Å². The van der Waals surface area contributed by atoms with Gasteiger partial charge >= 0.3 is 18.0 Å². The summed E-state index contributed by atoms with van der Waals surface area (Å²) in [6.45, 7) is 9.30. The fourth-order valence-corrected chi connectivity index (χ4v) is 13.0. The van der Waals surface area contributed by atoms with Gasteiger partial charge in [0.05, 0.1) is 25.0 Å². The summed E-state index contributed by atoms with van der Waals surface area (Å²) in [5.41, 5.74) is 4.33. The van der Waals surface area contributed by atoms with E-state index in [4.69, 9.17) is 24.7 Å². The summed E-state index contributed by atoms with van der Waals surface area (Å²) in [5, 5.41) is 32.6. The summed E-state index contributed by atoms with van der Waals surface area (Å²) in [7, 11) is 0. The number of Topliss-reactive ketones (excluding diaryl/α,β-unsaturated/α-hetero) is 1. The maximum absolute atomic E-state index is 14.5. The quantitative estimate of drug-likeness (QED) is 0.0508. The van der Waals surface area contributed by atoms with Gasteiger partial charge in [0.25, 0.3) is 0 Å². The van der Waals surface area contributed by atoms with Gasteiger partial charge in [-0.25, -0.2) is 4.79 Å². The van der Waals surface area contributed by atoms with Crippen LogP contribution in [0.25, 0.3) is 0 Å². The highest BCUT2D eigenvalue weighted by Gasteiger charge is 2.76. The van der Waals surface area contributed by atoms with Crippen LogP contribution >= 0.6 is 0 Å². The Morgan fingerprint density at radius 3 is 2.32 bits per heavy atom. The van der Waals surface area contributed by atoms with Crippen molar-refractivity contribution in [2.75, 3.05) is 25.0 Å². The van der Waals surface area contributed by atoms with Crippen molar-refractivity contribution in [3.05, 3.63) is 65.8 Å². The van der Waals surface area contributed by atoms with Gasteiger partial charge in [0.1, 0.15) is 24.9 Å². The van der Waals surface area contributed by atoms with Crippen LogP contribution < -0.4 is 27.0 Å². The largest absolute Gasteiger partial charge is 0.461 e. The van der Waals surface area contributed by atoms with Gasteiger partial charge in [0, 0.05) is 48.0 Å². The number of amides is 6. The number of unbranched alkanes of at least 4 members (excludes halogenated alkanes) is 2. The first-order valence-corrected chi connectivity index (χ1v) is 27.6. The van der Waals surface area contributed by atoms with E-state index < -0.39 is 95.4 Å². The van der Waals surface area contributed by atoms with Gasteiger partial charge in [-0.2, -0.15) is 0 Å². The zero-order valence-electron chi connectivity index (χ0n) is 45.4. The van der Waals surface area contributed by atoms with Crippen molar-refractivity contribution in [3.8, 4) is 0 Å². The first-order chi connectivity index (χ1) is 37.1. The van der Waals surface area contributed by atoms with Gasteiger partial charge < -0.3 is 61.1 Å². The second kappa shape index (κ2) is 25.7. The fraction of sp³-hybridized carbons (Fsp3) is 0.632. The maximum Gasteiger partial charge on any atom is 0.312 e. The molecule has 0 aromatic heterocycles. The number of esters is 2. The standard InChI is InChI=1S/C57H78N6O15/c1-6-11-49-77-43-29-39-38-19-16-35-28-37(64)24-25-55(35,4)50(38)41(65)30-56(39,5)57(43,78-49)42(66)32-76-48(71)23-22-47(70)75-31-34-14-17-36(18-15-34)60-52(72)40(12-10-26-59-54(58)74)61-53(73)51(33(2)3)62-44(67)13-8-7-9-27-63-45(68)20-21-46(63)69/h14-15,17-18,20-21,24-25,28,33,38-41,43,45,49-51,65,68H,6-13,16,19,22-23,26-27,29-32H2,1-5H3,(H,60,72)(H,61,73)(H,62,67)(H3,58,59,74)/t38-,39?,40-,41-,43+,45?,49?,50+,51-,55-,56-,57+/m0/s1. The number of carbonyl (C=O) groups excluding carboxylic acids is 9. The molecule has 1 aromatic rings. The lowest BCUT2D eigenvalue weighted by Crippen LogP contribution is -2.63. The topological polar surface area (TPSA) is 308 Å². The number of allylic oxidation sites excluding steroid dienone is 4. The molecule has 21 heteroatoms. The van der Waals surface area contributed by atoms with E-state index >= 15 is 0 Å². The van der Waals surface area contributed by atoms with E-state index in [2.05, 4.69) is 28.2 Å². The van der Waals surface area contributed by atoms with Crippen LogP contribution in [-0.4, -0.2) is 130 Å². The molecule has 0 radical (unpaired) electrons. The van der Waals surface area contributed by atoms with Crippen molar-refractivity contribution in [1.29, 1.82) is 0 Å². The predicted octanol–water partition coefficient (Wildman–Crippen LogP) is 4.08. The summed E-state index contributed by atoms with van der Waals surface area (Å²) in [6.07, 6.45) is 9.97. The smallest absolute Gasteiger partial charge is 0.312 e. The molecule has 3 saturated carbocycles. The molecule has 1 aromatic carbocycles. The fourth-order valence-electron chi connectivity index (χ4n) is 13.0. The molecule has 21 nitrogen and oxygen atoms in total. The van der Waals surface area contributed by atoms with Crippen molar-refractivity contribution >= 4 is 58.9 Å². The lowest BCUT2D eigenvalue weighted by Gasteiger charge is -2.59. The summed E-state index contributed by atoms with van der Waals surface area (Å²) in [6, 6.07) is 3.60. The molecule has 4 aliphatic carbocycles. The van der Waals surface area contributed by atoms with Crippen molar-refractivity contribution in [1.82, 2.24) is 20.9 Å². The molecule has 0 spiro atoms. The number of ketones is 2. The summed E-state index contributed by atoms with van der Waals surface area (Å²) in [4.78, 5) is 117. The maximum atomic E-state index is 14.5. The second-order valence-corrected chi connectivity index (χ2v) is 22.5. The molecular formula is C57H78N6O15. The van der Waals surface area contributed by atoms with Gasteiger partial charge in [0.2, 0.25) is 29.4 Å². The highest BCUT2D eigenvalue weighted by molar-refractivity contribution is 6.01. The Labute approximate surface area is 455 Å². The number of rotatable bonds is 26. The van der Waals surface area contributed by atoms with Crippen molar-refractivity contribution < 1.29 is 72.3 Å². The highest BCUT2D eigenvalue weighted by Crippen LogP contribution is 2.69. The number of hydrogen-bond acceptors (Lipinski definition) is 15. The van der Waals surface area contributed by atoms with Crippen molar-refractivity contribution in [2.24, 2.45) is 40.2 Å². The number of aliphatic hydroxyl groups is 2. The minimum atomic E-state index is -1.47. The third-order valence-corrected chi connectivity index (χ3v) is 16.9. The molecule has 0 bridgehead atoms. The third-order valence-electron chi connectivity index (χ3n) is 16.9. The monoisotopic (exact) mass is 1090 g/mol. The van der Waals surface area contributed by atoms with E-state index in [-0.39, 0.29) is 92.9 Å². The molecule has 3 unspecified atom stereocenters. The average Bonchev–Trinajstić information content (AvgIpc) is 4.10. The molecular weight excluding hydrogens is 1010 g/mol. The molecule has 2 aliphatic heterocycles. The lowest BCUT2D eigenvalue weighted by atomic mass is 9.46. The number of nitrogens with two attached hydrogens (primary N) is 1. The molecule has 7 rings (SSSR count). The van der Waals surface area contributed by atoms with Crippen LogP contribution in [0.4, 0.5) is 10.5 Å². The molecule has 8 N–H and O–H groups in total. The number of nitrogens with zero attached hydrogens (tertiary/aromatic N) is 1. The minimum Gasteiger partial charge on any atom is -0.461 e. The minimum absolute atomic E-state index is 0.0195. The zero-order valence-corrected chi connectivity index (χ0v) is 45.4. The number of primary amides is 1.